The number of carboxylic acids is 1. The smallest absolute Gasteiger partial charge is 0.335 e. The van der Waals surface area contributed by atoms with E-state index in [-0.39, 0.29) is 11.1 Å². The summed E-state index contributed by atoms with van der Waals surface area (Å²) in [5, 5.41) is 8.99. The van der Waals surface area contributed by atoms with Crippen molar-refractivity contribution in [1.29, 1.82) is 0 Å². The Balaban J connectivity index is 1.36. The summed E-state index contributed by atoms with van der Waals surface area (Å²) in [6, 6.07) is 27.8. The van der Waals surface area contributed by atoms with E-state index in [2.05, 4.69) is 0 Å². The molecule has 0 radical (unpaired) electrons. The lowest BCUT2D eigenvalue weighted by atomic mass is 10.1. The van der Waals surface area contributed by atoms with Crippen LogP contribution in [0.25, 0.3) is 12.2 Å². The van der Waals surface area contributed by atoms with Gasteiger partial charge in [0.05, 0.1) is 12.1 Å². The van der Waals surface area contributed by atoms with Gasteiger partial charge in [-0.3, -0.25) is 4.79 Å². The lowest BCUT2D eigenvalue weighted by Gasteiger charge is -2.07. The van der Waals surface area contributed by atoms with Crippen LogP contribution in [0.4, 0.5) is 0 Å². The zero-order valence-corrected chi connectivity index (χ0v) is 17.9. The summed E-state index contributed by atoms with van der Waals surface area (Å²) in [6.45, 7) is 0.906. The van der Waals surface area contributed by atoms with Crippen LogP contribution in [0.1, 0.15) is 32.6 Å². The van der Waals surface area contributed by atoms with Crippen LogP contribution in [0.15, 0.2) is 102 Å². The first kappa shape index (κ1) is 21.8. The zero-order chi connectivity index (χ0) is 23.0. The average molecular weight is 437 g/mol. The van der Waals surface area contributed by atoms with Crippen LogP contribution in [0.2, 0.25) is 0 Å². The minimum Gasteiger partial charge on any atom is -0.489 e. The molecule has 0 aliphatic rings. The van der Waals surface area contributed by atoms with Crippen LogP contribution in [-0.2, 0) is 13.2 Å². The van der Waals surface area contributed by atoms with E-state index >= 15 is 0 Å². The fourth-order valence-corrected chi connectivity index (χ4v) is 3.32. The first-order valence-electron chi connectivity index (χ1n) is 10.5. The molecule has 1 heterocycles. The summed E-state index contributed by atoms with van der Waals surface area (Å²) in [4.78, 5) is 23.4. The molecule has 0 amide bonds. The number of rotatable bonds is 8. The van der Waals surface area contributed by atoms with Crippen molar-refractivity contribution in [1.82, 2.24) is 4.57 Å². The molecule has 33 heavy (non-hydrogen) atoms. The number of carbonyl (C=O) groups is 1. The zero-order valence-electron chi connectivity index (χ0n) is 17.9. The van der Waals surface area contributed by atoms with E-state index in [9.17, 15) is 9.59 Å². The Morgan fingerprint density at radius 1 is 0.818 bits per heavy atom. The first-order chi connectivity index (χ1) is 16.1. The Bertz CT molecular complexity index is 1300. The second-order valence-electron chi connectivity index (χ2n) is 7.60. The van der Waals surface area contributed by atoms with Crippen LogP contribution in [0.3, 0.4) is 0 Å². The van der Waals surface area contributed by atoms with Crippen LogP contribution >= 0.6 is 0 Å². The third-order valence-corrected chi connectivity index (χ3v) is 5.17. The minimum absolute atomic E-state index is 0.121. The van der Waals surface area contributed by atoms with Crippen LogP contribution in [0, 0.1) is 0 Å². The fourth-order valence-electron chi connectivity index (χ4n) is 3.32. The van der Waals surface area contributed by atoms with Crippen molar-refractivity contribution in [2.24, 2.45) is 0 Å². The third kappa shape index (κ3) is 6.08. The van der Waals surface area contributed by atoms with E-state index in [1.165, 1.54) is 12.1 Å². The van der Waals surface area contributed by atoms with Gasteiger partial charge >= 0.3 is 5.97 Å². The van der Waals surface area contributed by atoms with Gasteiger partial charge in [0.1, 0.15) is 12.4 Å². The van der Waals surface area contributed by atoms with E-state index in [1.807, 2.05) is 72.8 Å². The van der Waals surface area contributed by atoms with E-state index in [0.717, 1.165) is 28.0 Å². The molecule has 0 unspecified atom stereocenters. The third-order valence-electron chi connectivity index (χ3n) is 5.17. The predicted octanol–water partition coefficient (Wildman–Crippen LogP) is 5.34. The van der Waals surface area contributed by atoms with E-state index < -0.39 is 5.97 Å². The highest BCUT2D eigenvalue weighted by Gasteiger charge is 2.03. The van der Waals surface area contributed by atoms with Gasteiger partial charge in [-0.15, -0.1) is 0 Å². The maximum absolute atomic E-state index is 12.5. The highest BCUT2D eigenvalue weighted by Crippen LogP contribution is 2.16. The lowest BCUT2D eigenvalue weighted by Crippen LogP contribution is -2.19. The SMILES string of the molecule is O=C(O)c1ccc(Cn2ccc(/C=C/c3ccc(OCc4ccccc4)cc3)cc2=O)cc1. The number of carboxylic acid groups (broad SMARTS) is 1. The molecular formula is C28H23NO4. The molecule has 0 spiro atoms. The number of pyridine rings is 1. The Labute approximate surface area is 191 Å². The summed E-state index contributed by atoms with van der Waals surface area (Å²) in [6.07, 6.45) is 5.59. The quantitative estimate of drug-likeness (QED) is 0.404. The van der Waals surface area contributed by atoms with Gasteiger partial charge in [0.15, 0.2) is 0 Å². The summed E-state index contributed by atoms with van der Waals surface area (Å²) < 4.78 is 7.40. The molecule has 0 aliphatic carbocycles. The van der Waals surface area contributed by atoms with Crippen molar-refractivity contribution in [3.05, 3.63) is 135 Å². The maximum atomic E-state index is 12.5. The summed E-state index contributed by atoms with van der Waals surface area (Å²) in [5.74, 6) is -0.167. The molecule has 0 saturated heterocycles. The van der Waals surface area contributed by atoms with Gasteiger partial charge in [0.25, 0.3) is 5.56 Å². The molecule has 0 atom stereocenters. The van der Waals surface area contributed by atoms with Crippen molar-refractivity contribution in [2.45, 2.75) is 13.2 Å². The summed E-state index contributed by atoms with van der Waals surface area (Å²) in [5.41, 5.74) is 3.89. The molecule has 164 valence electrons. The Morgan fingerprint density at radius 2 is 1.52 bits per heavy atom. The summed E-state index contributed by atoms with van der Waals surface area (Å²) in [7, 11) is 0. The van der Waals surface area contributed by atoms with Gasteiger partial charge in [-0.25, -0.2) is 4.79 Å². The molecular weight excluding hydrogens is 414 g/mol. The van der Waals surface area contributed by atoms with Crippen LogP contribution < -0.4 is 10.3 Å². The number of aromatic nitrogens is 1. The molecule has 0 fully saturated rings. The number of hydrogen-bond donors (Lipinski definition) is 1. The van der Waals surface area contributed by atoms with Gasteiger partial charge in [-0.2, -0.15) is 0 Å². The molecule has 0 saturated carbocycles. The Morgan fingerprint density at radius 3 is 2.18 bits per heavy atom. The second kappa shape index (κ2) is 10.3. The fraction of sp³-hybridized carbons (Fsp3) is 0.0714. The Hall–Kier alpha value is -4.38. The molecule has 0 aliphatic heterocycles. The Kier molecular flexibility index (Phi) is 6.81. The van der Waals surface area contributed by atoms with Gasteiger partial charge in [-0.1, -0.05) is 66.7 Å². The van der Waals surface area contributed by atoms with Crippen LogP contribution in [-0.4, -0.2) is 15.6 Å². The van der Waals surface area contributed by atoms with Gasteiger partial charge in [-0.05, 0) is 52.6 Å². The number of hydrogen-bond acceptors (Lipinski definition) is 3. The second-order valence-corrected chi connectivity index (χ2v) is 7.60. The predicted molar refractivity (Wildman–Crippen MR) is 129 cm³/mol. The van der Waals surface area contributed by atoms with Crippen molar-refractivity contribution in [3.63, 3.8) is 0 Å². The molecule has 1 aromatic heterocycles. The first-order valence-corrected chi connectivity index (χ1v) is 10.5. The van der Waals surface area contributed by atoms with Crippen molar-refractivity contribution < 1.29 is 14.6 Å². The van der Waals surface area contributed by atoms with E-state index in [1.54, 1.807) is 29.0 Å². The van der Waals surface area contributed by atoms with Crippen molar-refractivity contribution >= 4 is 18.1 Å². The molecule has 0 bridgehead atoms. The summed E-state index contributed by atoms with van der Waals surface area (Å²) >= 11 is 0. The van der Waals surface area contributed by atoms with Gasteiger partial charge < -0.3 is 14.4 Å². The minimum atomic E-state index is -0.968. The van der Waals surface area contributed by atoms with Crippen LogP contribution in [0.5, 0.6) is 5.75 Å². The molecule has 3 aromatic carbocycles. The molecule has 4 aromatic rings. The number of benzene rings is 3. The molecule has 5 heteroatoms. The standard InChI is InChI=1S/C28H23NO4/c30-27-18-22(16-17-29(27)19-23-8-12-25(13-9-23)28(31)32)7-6-21-10-14-26(15-11-21)33-20-24-4-2-1-3-5-24/h1-18H,19-20H2,(H,31,32)/b7-6+. The molecule has 1 N–H and O–H groups in total. The average Bonchev–Trinajstić information content (AvgIpc) is 2.84. The highest BCUT2D eigenvalue weighted by molar-refractivity contribution is 5.87. The van der Waals surface area contributed by atoms with Gasteiger partial charge in [0, 0.05) is 12.3 Å². The maximum Gasteiger partial charge on any atom is 0.335 e. The van der Waals surface area contributed by atoms with Crippen molar-refractivity contribution in [2.75, 3.05) is 0 Å². The highest BCUT2D eigenvalue weighted by atomic mass is 16.5. The lowest BCUT2D eigenvalue weighted by molar-refractivity contribution is 0.0697. The number of aromatic carboxylic acids is 1. The molecule has 4 rings (SSSR count). The van der Waals surface area contributed by atoms with Gasteiger partial charge in [0.2, 0.25) is 0 Å². The van der Waals surface area contributed by atoms with E-state index in [4.69, 9.17) is 9.84 Å². The number of ether oxygens (including phenoxy) is 1. The molecule has 5 nitrogen and oxygen atoms in total. The number of nitrogens with zero attached hydrogens (tertiary/aromatic N) is 1. The van der Waals surface area contributed by atoms with Crippen molar-refractivity contribution in [3.8, 4) is 5.75 Å². The largest absolute Gasteiger partial charge is 0.489 e. The van der Waals surface area contributed by atoms with E-state index in [0.29, 0.717) is 13.2 Å². The monoisotopic (exact) mass is 437 g/mol. The topological polar surface area (TPSA) is 68.5 Å². The normalized spacial score (nSPS) is 10.9.